The SMILES string of the molecule is Cc1cc(C)n(C[C@H]2CCCCN2C(=O)CN2CCCCCC2=O)n1. The predicted octanol–water partition coefficient (Wildman–Crippen LogP) is 2.28. The van der Waals surface area contributed by atoms with Crippen molar-refractivity contribution in [1.29, 1.82) is 0 Å². The van der Waals surface area contributed by atoms with E-state index in [-0.39, 0.29) is 24.4 Å². The van der Waals surface area contributed by atoms with E-state index in [1.54, 1.807) is 4.90 Å². The van der Waals surface area contributed by atoms with Crippen LogP contribution in [0, 0.1) is 13.8 Å². The molecule has 3 heterocycles. The summed E-state index contributed by atoms with van der Waals surface area (Å²) < 4.78 is 2.02. The summed E-state index contributed by atoms with van der Waals surface area (Å²) in [6, 6.07) is 2.26. The fourth-order valence-electron chi connectivity index (χ4n) is 4.04. The number of likely N-dealkylation sites (tertiary alicyclic amines) is 2. The summed E-state index contributed by atoms with van der Waals surface area (Å²) in [6.45, 7) is 6.57. The van der Waals surface area contributed by atoms with E-state index in [0.717, 1.165) is 69.5 Å². The Balaban J connectivity index is 1.66. The van der Waals surface area contributed by atoms with Crippen LogP contribution in [0.4, 0.5) is 0 Å². The lowest BCUT2D eigenvalue weighted by atomic mass is 10.0. The maximum atomic E-state index is 12.9. The van der Waals surface area contributed by atoms with Crippen molar-refractivity contribution in [3.8, 4) is 0 Å². The van der Waals surface area contributed by atoms with Crippen LogP contribution in [0.25, 0.3) is 0 Å². The second kappa shape index (κ2) is 8.02. The Labute approximate surface area is 150 Å². The highest BCUT2D eigenvalue weighted by Gasteiger charge is 2.29. The number of carbonyl (C=O) groups is 2. The summed E-state index contributed by atoms with van der Waals surface area (Å²) in [5.74, 6) is 0.236. The zero-order valence-electron chi connectivity index (χ0n) is 15.5. The normalized spacial score (nSPS) is 22.2. The molecule has 2 aliphatic rings. The van der Waals surface area contributed by atoms with E-state index in [2.05, 4.69) is 18.1 Å². The molecule has 1 atom stereocenters. The lowest BCUT2D eigenvalue weighted by Gasteiger charge is -2.37. The molecule has 1 aromatic heterocycles. The summed E-state index contributed by atoms with van der Waals surface area (Å²) in [5, 5.41) is 4.55. The highest BCUT2D eigenvalue weighted by molar-refractivity contribution is 5.85. The Kier molecular flexibility index (Phi) is 5.76. The quantitative estimate of drug-likeness (QED) is 0.840. The van der Waals surface area contributed by atoms with E-state index in [1.807, 2.05) is 16.5 Å². The lowest BCUT2D eigenvalue weighted by molar-refractivity contribution is -0.142. The Morgan fingerprint density at radius 2 is 1.96 bits per heavy atom. The van der Waals surface area contributed by atoms with Crippen LogP contribution in [0.3, 0.4) is 0 Å². The van der Waals surface area contributed by atoms with Gasteiger partial charge in [0.15, 0.2) is 0 Å². The first-order valence-corrected chi connectivity index (χ1v) is 9.63. The van der Waals surface area contributed by atoms with Crippen LogP contribution in [0.2, 0.25) is 0 Å². The molecule has 2 saturated heterocycles. The molecule has 138 valence electrons. The van der Waals surface area contributed by atoms with Crippen molar-refractivity contribution in [3.05, 3.63) is 17.5 Å². The zero-order valence-corrected chi connectivity index (χ0v) is 15.5. The van der Waals surface area contributed by atoms with Crippen molar-refractivity contribution in [2.75, 3.05) is 19.6 Å². The average Bonchev–Trinajstić information content (AvgIpc) is 2.77. The number of amides is 2. The maximum Gasteiger partial charge on any atom is 0.242 e. The number of piperidine rings is 1. The molecule has 0 radical (unpaired) electrons. The Morgan fingerprint density at radius 1 is 1.16 bits per heavy atom. The molecule has 0 N–H and O–H groups in total. The van der Waals surface area contributed by atoms with E-state index in [9.17, 15) is 9.59 Å². The minimum absolute atomic E-state index is 0.0986. The third-order valence-electron chi connectivity index (χ3n) is 5.43. The minimum atomic E-state index is 0.0986. The van der Waals surface area contributed by atoms with Crippen LogP contribution < -0.4 is 0 Å². The van der Waals surface area contributed by atoms with Crippen LogP contribution in [0.5, 0.6) is 0 Å². The maximum absolute atomic E-state index is 12.9. The topological polar surface area (TPSA) is 58.4 Å². The molecular formula is C19H30N4O2. The molecule has 6 heteroatoms. The van der Waals surface area contributed by atoms with Crippen LogP contribution >= 0.6 is 0 Å². The van der Waals surface area contributed by atoms with Gasteiger partial charge in [-0.3, -0.25) is 14.3 Å². The molecule has 2 aliphatic heterocycles. The van der Waals surface area contributed by atoms with Crippen molar-refractivity contribution in [3.63, 3.8) is 0 Å². The summed E-state index contributed by atoms with van der Waals surface area (Å²) in [6.07, 6.45) is 6.84. The Hall–Kier alpha value is -1.85. The smallest absolute Gasteiger partial charge is 0.242 e. The molecule has 0 aliphatic carbocycles. The Bertz CT molecular complexity index is 625. The molecule has 6 nitrogen and oxygen atoms in total. The molecule has 0 unspecified atom stereocenters. The van der Waals surface area contributed by atoms with E-state index < -0.39 is 0 Å². The van der Waals surface area contributed by atoms with Crippen molar-refractivity contribution < 1.29 is 9.59 Å². The molecule has 0 spiro atoms. The third kappa shape index (κ3) is 4.41. The van der Waals surface area contributed by atoms with Gasteiger partial charge in [-0.2, -0.15) is 5.10 Å². The van der Waals surface area contributed by atoms with Gasteiger partial charge in [0.25, 0.3) is 0 Å². The minimum Gasteiger partial charge on any atom is -0.336 e. The first-order valence-electron chi connectivity index (χ1n) is 9.63. The third-order valence-corrected chi connectivity index (χ3v) is 5.43. The molecule has 2 amide bonds. The van der Waals surface area contributed by atoms with Gasteiger partial charge in [-0.15, -0.1) is 0 Å². The molecule has 2 fully saturated rings. The second-order valence-electron chi connectivity index (χ2n) is 7.47. The van der Waals surface area contributed by atoms with Crippen LogP contribution in [0.15, 0.2) is 6.07 Å². The number of carbonyl (C=O) groups excluding carboxylic acids is 2. The number of nitrogens with zero attached hydrogens (tertiary/aromatic N) is 4. The summed E-state index contributed by atoms with van der Waals surface area (Å²) in [7, 11) is 0. The molecule has 1 aromatic rings. The van der Waals surface area contributed by atoms with Gasteiger partial charge in [-0.1, -0.05) is 6.42 Å². The largest absolute Gasteiger partial charge is 0.336 e. The van der Waals surface area contributed by atoms with Gasteiger partial charge in [0.2, 0.25) is 11.8 Å². The van der Waals surface area contributed by atoms with Gasteiger partial charge in [-0.25, -0.2) is 0 Å². The van der Waals surface area contributed by atoms with Crippen molar-refractivity contribution in [2.45, 2.75) is 71.4 Å². The van der Waals surface area contributed by atoms with Gasteiger partial charge < -0.3 is 9.80 Å². The summed E-state index contributed by atoms with van der Waals surface area (Å²) >= 11 is 0. The van der Waals surface area contributed by atoms with Gasteiger partial charge in [-0.05, 0) is 52.0 Å². The van der Waals surface area contributed by atoms with Crippen molar-refractivity contribution in [2.24, 2.45) is 0 Å². The van der Waals surface area contributed by atoms with E-state index >= 15 is 0 Å². The van der Waals surface area contributed by atoms with Crippen molar-refractivity contribution in [1.82, 2.24) is 19.6 Å². The predicted molar refractivity (Wildman–Crippen MR) is 96.1 cm³/mol. The van der Waals surface area contributed by atoms with Gasteiger partial charge in [0.05, 0.1) is 24.8 Å². The summed E-state index contributed by atoms with van der Waals surface area (Å²) in [5.41, 5.74) is 2.15. The lowest BCUT2D eigenvalue weighted by Crippen LogP contribution is -2.50. The van der Waals surface area contributed by atoms with Gasteiger partial charge in [0, 0.05) is 25.2 Å². The standard InChI is InChI=1S/C19H30N4O2/c1-15-12-16(2)23(20-15)13-17-8-5-7-11-22(17)19(25)14-21-10-6-3-4-9-18(21)24/h12,17H,3-11,13-14H2,1-2H3/t17-/m1/s1. The second-order valence-corrected chi connectivity index (χ2v) is 7.47. The number of hydrogen-bond donors (Lipinski definition) is 0. The molecule has 3 rings (SSSR count). The number of rotatable bonds is 4. The molecule has 25 heavy (non-hydrogen) atoms. The number of aryl methyl sites for hydroxylation is 2. The summed E-state index contributed by atoms with van der Waals surface area (Å²) in [4.78, 5) is 28.9. The van der Waals surface area contributed by atoms with Crippen molar-refractivity contribution >= 4 is 11.8 Å². The first kappa shape index (κ1) is 18.0. The Morgan fingerprint density at radius 3 is 2.72 bits per heavy atom. The molecule has 0 aromatic carbocycles. The average molecular weight is 346 g/mol. The number of aromatic nitrogens is 2. The van der Waals surface area contributed by atoms with E-state index in [4.69, 9.17) is 0 Å². The highest BCUT2D eigenvalue weighted by atomic mass is 16.2. The monoisotopic (exact) mass is 346 g/mol. The molecular weight excluding hydrogens is 316 g/mol. The fraction of sp³-hybridized carbons (Fsp3) is 0.737. The zero-order chi connectivity index (χ0) is 17.8. The van der Waals surface area contributed by atoms with E-state index in [1.165, 1.54) is 0 Å². The fourth-order valence-corrected chi connectivity index (χ4v) is 4.04. The number of hydrogen-bond acceptors (Lipinski definition) is 3. The van der Waals surface area contributed by atoms with E-state index in [0.29, 0.717) is 6.42 Å². The van der Waals surface area contributed by atoms with Crippen LogP contribution in [-0.4, -0.2) is 57.1 Å². The highest BCUT2D eigenvalue weighted by Crippen LogP contribution is 2.20. The molecule has 0 saturated carbocycles. The van der Waals surface area contributed by atoms with Crippen LogP contribution in [0.1, 0.15) is 56.3 Å². The first-order chi connectivity index (χ1) is 12.0. The van der Waals surface area contributed by atoms with Crippen LogP contribution in [-0.2, 0) is 16.1 Å². The van der Waals surface area contributed by atoms with Gasteiger partial charge in [0.1, 0.15) is 0 Å². The molecule has 0 bridgehead atoms. The van der Waals surface area contributed by atoms with Gasteiger partial charge >= 0.3 is 0 Å².